The molecule has 0 spiro atoms. The van der Waals surface area contributed by atoms with Crippen molar-refractivity contribution in [3.05, 3.63) is 100 Å². The van der Waals surface area contributed by atoms with E-state index in [9.17, 15) is 9.90 Å². The molecular weight excluding hydrogens is 448 g/mol. The number of aromatic nitrogens is 4. The van der Waals surface area contributed by atoms with E-state index in [2.05, 4.69) is 22.1 Å². The molecule has 3 aromatic heterocycles. The highest BCUT2D eigenvalue weighted by molar-refractivity contribution is 6.06. The fourth-order valence-electron chi connectivity index (χ4n) is 5.39. The summed E-state index contributed by atoms with van der Waals surface area (Å²) in [5.41, 5.74) is 5.60. The second-order valence-corrected chi connectivity index (χ2v) is 9.77. The maximum atomic E-state index is 13.6. The summed E-state index contributed by atoms with van der Waals surface area (Å²) < 4.78 is 1.65. The lowest BCUT2D eigenvalue weighted by Crippen LogP contribution is -2.34. The van der Waals surface area contributed by atoms with Crippen LogP contribution in [0.15, 0.2) is 78.1 Å². The number of nitrogens with zero attached hydrogens (tertiary/aromatic N) is 4. The minimum absolute atomic E-state index is 0.0849. The van der Waals surface area contributed by atoms with Crippen LogP contribution in [0, 0.1) is 6.92 Å². The van der Waals surface area contributed by atoms with Gasteiger partial charge in [0.2, 0.25) is 0 Å². The van der Waals surface area contributed by atoms with Crippen LogP contribution in [0.3, 0.4) is 0 Å². The molecule has 0 bridgehead atoms. The van der Waals surface area contributed by atoms with Crippen LogP contribution in [0.2, 0.25) is 0 Å². The van der Waals surface area contributed by atoms with Gasteiger partial charge in [-0.15, -0.1) is 0 Å². The average Bonchev–Trinajstić information content (AvgIpc) is 2.91. The fraction of sp³-hybridized carbons (Fsp3) is 0.267. The third kappa shape index (κ3) is 4.07. The Balaban J connectivity index is 1.42. The van der Waals surface area contributed by atoms with Crippen molar-refractivity contribution >= 4 is 21.7 Å². The van der Waals surface area contributed by atoms with Crippen LogP contribution in [0.25, 0.3) is 32.9 Å². The molecule has 1 fully saturated rings. The summed E-state index contributed by atoms with van der Waals surface area (Å²) in [5.74, 6) is 0. The molecule has 0 amide bonds. The van der Waals surface area contributed by atoms with Crippen molar-refractivity contribution in [1.82, 2.24) is 19.5 Å². The Morgan fingerprint density at radius 2 is 1.75 bits per heavy atom. The first-order chi connectivity index (χ1) is 17.6. The molecule has 2 atom stereocenters. The highest BCUT2D eigenvalue weighted by atomic mass is 16.3. The van der Waals surface area contributed by atoms with Crippen molar-refractivity contribution in [3.8, 4) is 11.3 Å². The van der Waals surface area contributed by atoms with E-state index in [1.165, 1.54) is 0 Å². The molecule has 0 aliphatic heterocycles. The number of fused-ring (bicyclic) bond motifs is 3. The van der Waals surface area contributed by atoms with Gasteiger partial charge in [-0.05, 0) is 67.0 Å². The minimum atomic E-state index is -0.510. The molecule has 3 heterocycles. The van der Waals surface area contributed by atoms with E-state index in [0.717, 1.165) is 64.5 Å². The van der Waals surface area contributed by atoms with Crippen molar-refractivity contribution in [2.45, 2.75) is 51.2 Å². The van der Waals surface area contributed by atoms with Crippen LogP contribution in [0.4, 0.5) is 0 Å². The lowest BCUT2D eigenvalue weighted by atomic mass is 9.92. The largest absolute Gasteiger partial charge is 0.391 e. The van der Waals surface area contributed by atoms with E-state index >= 15 is 0 Å². The third-order valence-electron chi connectivity index (χ3n) is 7.36. The van der Waals surface area contributed by atoms with E-state index in [1.54, 1.807) is 10.9 Å². The van der Waals surface area contributed by atoms with Crippen molar-refractivity contribution in [2.75, 3.05) is 0 Å². The second kappa shape index (κ2) is 9.28. The second-order valence-electron chi connectivity index (χ2n) is 9.77. The molecule has 0 saturated heterocycles. The Morgan fingerprint density at radius 1 is 0.917 bits per heavy atom. The lowest BCUT2D eigenvalue weighted by molar-refractivity contribution is 0.0735. The van der Waals surface area contributed by atoms with Gasteiger partial charge in [0, 0.05) is 29.0 Å². The van der Waals surface area contributed by atoms with Gasteiger partial charge < -0.3 is 5.11 Å². The van der Waals surface area contributed by atoms with E-state index in [1.807, 2.05) is 61.8 Å². The smallest absolute Gasteiger partial charge is 0.261 e. The maximum absolute atomic E-state index is 13.6. The van der Waals surface area contributed by atoms with Crippen molar-refractivity contribution in [2.24, 2.45) is 0 Å². The highest BCUT2D eigenvalue weighted by Crippen LogP contribution is 2.31. The third-order valence-corrected chi connectivity index (χ3v) is 7.36. The zero-order valence-electron chi connectivity index (χ0n) is 20.3. The monoisotopic (exact) mass is 476 g/mol. The Labute approximate surface area is 209 Å². The van der Waals surface area contributed by atoms with Gasteiger partial charge in [-0.3, -0.25) is 19.3 Å². The Morgan fingerprint density at radius 3 is 2.50 bits per heavy atom. The quantitative estimate of drug-likeness (QED) is 0.352. The summed E-state index contributed by atoms with van der Waals surface area (Å²) in [4.78, 5) is 27.4. The molecule has 1 aliphatic rings. The van der Waals surface area contributed by atoms with Crippen LogP contribution in [0.5, 0.6) is 0 Å². The van der Waals surface area contributed by atoms with E-state index in [0.29, 0.717) is 17.3 Å². The molecule has 6 rings (SSSR count). The normalized spacial score (nSPS) is 18.1. The standard InChI is InChI=1S/C30H28N4O2/c1-19-10-12-21(17-31-19)26-13-11-20(16-32-26)14-22-15-25-29(24-7-3-2-6-23(22)24)33-18-34(30(25)36)27-8-4-5-9-28(27)35/h2-3,6-7,10-13,15-18,27-28,35H,4-5,8-9,14H2,1H3/t27-,28-/m0/s1. The molecule has 1 N–H and O–H groups in total. The lowest BCUT2D eigenvalue weighted by Gasteiger charge is -2.29. The fourth-order valence-corrected chi connectivity index (χ4v) is 5.39. The first-order valence-electron chi connectivity index (χ1n) is 12.6. The van der Waals surface area contributed by atoms with Gasteiger partial charge in [0.15, 0.2) is 0 Å². The predicted molar refractivity (Wildman–Crippen MR) is 142 cm³/mol. The van der Waals surface area contributed by atoms with Crippen LogP contribution in [-0.2, 0) is 6.42 Å². The number of aliphatic hydroxyl groups is 1. The van der Waals surface area contributed by atoms with Crippen LogP contribution in [-0.4, -0.2) is 30.7 Å². The Kier molecular flexibility index (Phi) is 5.82. The number of benzene rings is 2. The number of rotatable bonds is 4. The van der Waals surface area contributed by atoms with Gasteiger partial charge in [0.05, 0.1) is 35.1 Å². The predicted octanol–water partition coefficient (Wildman–Crippen LogP) is 5.38. The van der Waals surface area contributed by atoms with Crippen LogP contribution >= 0.6 is 0 Å². The molecule has 0 unspecified atom stereocenters. The number of aryl methyl sites for hydroxylation is 1. The van der Waals surface area contributed by atoms with Gasteiger partial charge in [0.1, 0.15) is 0 Å². The summed E-state index contributed by atoms with van der Waals surface area (Å²) in [5, 5.41) is 13.2. The first kappa shape index (κ1) is 22.6. The van der Waals surface area contributed by atoms with Gasteiger partial charge in [-0.25, -0.2) is 4.98 Å². The van der Waals surface area contributed by atoms with Crippen molar-refractivity contribution in [3.63, 3.8) is 0 Å². The zero-order chi connectivity index (χ0) is 24.6. The number of hydrogen-bond acceptors (Lipinski definition) is 5. The molecule has 36 heavy (non-hydrogen) atoms. The van der Waals surface area contributed by atoms with Gasteiger partial charge >= 0.3 is 0 Å². The van der Waals surface area contributed by atoms with Gasteiger partial charge in [-0.1, -0.05) is 43.2 Å². The summed E-state index contributed by atoms with van der Waals surface area (Å²) in [7, 11) is 0. The molecule has 2 aromatic carbocycles. The van der Waals surface area contributed by atoms with E-state index in [-0.39, 0.29) is 11.6 Å². The molecule has 1 aliphatic carbocycles. The van der Waals surface area contributed by atoms with E-state index in [4.69, 9.17) is 4.98 Å². The number of hydrogen-bond donors (Lipinski definition) is 1. The molecule has 6 heteroatoms. The molecule has 0 radical (unpaired) electrons. The molecule has 180 valence electrons. The first-order valence-corrected chi connectivity index (χ1v) is 12.6. The summed E-state index contributed by atoms with van der Waals surface area (Å²) >= 11 is 0. The topological polar surface area (TPSA) is 80.9 Å². The number of aliphatic hydroxyl groups excluding tert-OH is 1. The molecule has 1 saturated carbocycles. The van der Waals surface area contributed by atoms with Crippen LogP contribution < -0.4 is 5.56 Å². The number of pyridine rings is 2. The Hall–Kier alpha value is -3.90. The SMILES string of the molecule is Cc1ccc(-c2ccc(Cc3cc4c(=O)n([C@H]5CCCC[C@@H]5O)cnc4c4ccccc34)cn2)cn1. The Bertz CT molecular complexity index is 1610. The van der Waals surface area contributed by atoms with E-state index < -0.39 is 6.10 Å². The summed E-state index contributed by atoms with van der Waals surface area (Å²) in [6.07, 6.45) is 9.03. The van der Waals surface area contributed by atoms with Crippen LogP contribution in [0.1, 0.15) is 48.5 Å². The van der Waals surface area contributed by atoms with Crippen molar-refractivity contribution < 1.29 is 5.11 Å². The summed E-state index contributed by atoms with van der Waals surface area (Å²) in [6.45, 7) is 1.97. The van der Waals surface area contributed by atoms with Gasteiger partial charge in [-0.2, -0.15) is 0 Å². The minimum Gasteiger partial charge on any atom is -0.391 e. The maximum Gasteiger partial charge on any atom is 0.261 e. The molecular formula is C30H28N4O2. The summed E-state index contributed by atoms with van der Waals surface area (Å²) in [6, 6.07) is 18.0. The van der Waals surface area contributed by atoms with Crippen molar-refractivity contribution in [1.29, 1.82) is 0 Å². The van der Waals surface area contributed by atoms with Gasteiger partial charge in [0.25, 0.3) is 5.56 Å². The average molecular weight is 477 g/mol. The molecule has 6 nitrogen and oxygen atoms in total. The zero-order valence-corrected chi connectivity index (χ0v) is 20.3. The highest BCUT2D eigenvalue weighted by Gasteiger charge is 2.26. The molecule has 5 aromatic rings.